The lowest BCUT2D eigenvalue weighted by Gasteiger charge is -1.90. The summed E-state index contributed by atoms with van der Waals surface area (Å²) in [6, 6.07) is 14.8. The molecule has 0 N–H and O–H groups in total. The molecule has 0 bridgehead atoms. The smallest absolute Gasteiger partial charge is 0.212 e. The summed E-state index contributed by atoms with van der Waals surface area (Å²) >= 11 is 8.65. The fraction of sp³-hybridized carbons (Fsp3) is 0. The number of benzene rings is 1. The van der Waals surface area contributed by atoms with Crippen molar-refractivity contribution in [1.82, 2.24) is 0 Å². The summed E-state index contributed by atoms with van der Waals surface area (Å²) in [5, 5.41) is 4.47. The SMILES string of the molecule is C#Cc1ccccc1Cl.O=C(c1cccs1)c1cccs1. The Morgan fingerprint density at radius 1 is 0.952 bits per heavy atom. The molecule has 0 aliphatic heterocycles. The van der Waals surface area contributed by atoms with Crippen LogP contribution in [0, 0.1) is 12.3 Å². The van der Waals surface area contributed by atoms with Gasteiger partial charge < -0.3 is 0 Å². The number of carbonyl (C=O) groups is 1. The number of hydrogen-bond donors (Lipinski definition) is 0. The van der Waals surface area contributed by atoms with E-state index in [-0.39, 0.29) is 5.78 Å². The molecular weight excluding hydrogens is 320 g/mol. The lowest BCUT2D eigenvalue weighted by molar-refractivity contribution is 0.104. The van der Waals surface area contributed by atoms with Crippen molar-refractivity contribution >= 4 is 40.1 Å². The van der Waals surface area contributed by atoms with E-state index in [0.29, 0.717) is 5.02 Å². The third-order valence-electron chi connectivity index (χ3n) is 2.52. The fourth-order valence-electron chi connectivity index (χ4n) is 1.52. The van der Waals surface area contributed by atoms with E-state index in [2.05, 4.69) is 5.92 Å². The van der Waals surface area contributed by atoms with E-state index in [9.17, 15) is 4.79 Å². The van der Waals surface area contributed by atoms with E-state index >= 15 is 0 Å². The second-order valence-electron chi connectivity index (χ2n) is 3.91. The summed E-state index contributed by atoms with van der Waals surface area (Å²) in [6.07, 6.45) is 5.12. The van der Waals surface area contributed by atoms with Gasteiger partial charge in [0.15, 0.2) is 0 Å². The highest BCUT2D eigenvalue weighted by molar-refractivity contribution is 7.15. The minimum Gasteiger partial charge on any atom is -0.287 e. The van der Waals surface area contributed by atoms with Gasteiger partial charge in [-0.15, -0.1) is 29.1 Å². The minimum absolute atomic E-state index is 0.139. The number of carbonyl (C=O) groups excluding carboxylic acids is 1. The van der Waals surface area contributed by atoms with E-state index in [1.807, 2.05) is 53.2 Å². The number of terminal acetylenes is 1. The van der Waals surface area contributed by atoms with Gasteiger partial charge in [0.05, 0.1) is 14.8 Å². The van der Waals surface area contributed by atoms with Gasteiger partial charge in [0.1, 0.15) is 0 Å². The topological polar surface area (TPSA) is 17.1 Å². The molecule has 0 saturated carbocycles. The molecule has 3 rings (SSSR count). The second kappa shape index (κ2) is 7.80. The average molecular weight is 331 g/mol. The van der Waals surface area contributed by atoms with Crippen molar-refractivity contribution in [3.8, 4) is 12.3 Å². The maximum absolute atomic E-state index is 11.6. The molecular formula is C17H11ClOS2. The third-order valence-corrected chi connectivity index (χ3v) is 4.59. The van der Waals surface area contributed by atoms with Crippen LogP contribution in [0.1, 0.15) is 20.1 Å². The van der Waals surface area contributed by atoms with Crippen molar-refractivity contribution in [3.63, 3.8) is 0 Å². The first-order chi connectivity index (χ1) is 10.2. The Hall–Kier alpha value is -1.86. The normalized spacial score (nSPS) is 9.33. The van der Waals surface area contributed by atoms with Crippen molar-refractivity contribution < 1.29 is 4.79 Å². The van der Waals surface area contributed by atoms with Gasteiger partial charge in [0.25, 0.3) is 0 Å². The summed E-state index contributed by atoms with van der Waals surface area (Å²) in [5.74, 6) is 2.60. The van der Waals surface area contributed by atoms with Crippen LogP contribution in [-0.2, 0) is 0 Å². The predicted molar refractivity (Wildman–Crippen MR) is 91.5 cm³/mol. The fourth-order valence-corrected chi connectivity index (χ4v) is 3.13. The first-order valence-electron chi connectivity index (χ1n) is 6.05. The number of hydrogen-bond acceptors (Lipinski definition) is 3. The number of halogens is 1. The van der Waals surface area contributed by atoms with Gasteiger partial charge in [-0.25, -0.2) is 0 Å². The van der Waals surface area contributed by atoms with Gasteiger partial charge in [-0.2, -0.15) is 0 Å². The molecule has 104 valence electrons. The van der Waals surface area contributed by atoms with Gasteiger partial charge in [-0.1, -0.05) is 41.8 Å². The summed E-state index contributed by atoms with van der Waals surface area (Å²) in [6.45, 7) is 0. The minimum atomic E-state index is 0.139. The molecule has 0 saturated heterocycles. The molecule has 0 amide bonds. The second-order valence-corrected chi connectivity index (χ2v) is 6.21. The zero-order valence-corrected chi connectivity index (χ0v) is 13.3. The van der Waals surface area contributed by atoms with Gasteiger partial charge in [-0.05, 0) is 35.0 Å². The zero-order valence-electron chi connectivity index (χ0n) is 11.0. The first-order valence-corrected chi connectivity index (χ1v) is 8.19. The number of ketones is 1. The van der Waals surface area contributed by atoms with E-state index < -0.39 is 0 Å². The molecule has 2 heterocycles. The van der Waals surface area contributed by atoms with Gasteiger partial charge >= 0.3 is 0 Å². The van der Waals surface area contributed by atoms with Crippen molar-refractivity contribution in [2.45, 2.75) is 0 Å². The molecule has 0 spiro atoms. The highest BCUT2D eigenvalue weighted by atomic mass is 35.5. The van der Waals surface area contributed by atoms with Crippen molar-refractivity contribution in [1.29, 1.82) is 0 Å². The maximum atomic E-state index is 11.6. The standard InChI is InChI=1S/C9H6OS2.C8H5Cl/c10-9(7-3-1-5-11-7)8-4-2-6-12-8;1-2-7-5-3-4-6-8(7)9/h1-6H;1,3-6H. The summed E-state index contributed by atoms with van der Waals surface area (Å²) in [5.41, 5.74) is 0.749. The molecule has 2 aromatic heterocycles. The predicted octanol–water partition coefficient (Wildman–Crippen LogP) is 5.36. The van der Waals surface area contributed by atoms with Crippen LogP contribution in [0.25, 0.3) is 0 Å². The quantitative estimate of drug-likeness (QED) is 0.456. The van der Waals surface area contributed by atoms with Gasteiger partial charge in [0, 0.05) is 5.56 Å². The Bertz CT molecular complexity index is 701. The van der Waals surface area contributed by atoms with Crippen molar-refractivity contribution in [2.24, 2.45) is 0 Å². The molecule has 1 nitrogen and oxygen atoms in total. The largest absolute Gasteiger partial charge is 0.287 e. The molecule has 1 aromatic carbocycles. The van der Waals surface area contributed by atoms with E-state index in [0.717, 1.165) is 15.3 Å². The third kappa shape index (κ3) is 4.30. The lowest BCUT2D eigenvalue weighted by Crippen LogP contribution is -1.93. The molecule has 0 aliphatic carbocycles. The summed E-state index contributed by atoms with van der Waals surface area (Å²) in [4.78, 5) is 13.2. The highest BCUT2D eigenvalue weighted by Gasteiger charge is 2.09. The molecule has 0 aliphatic rings. The Morgan fingerprint density at radius 2 is 1.52 bits per heavy atom. The average Bonchev–Trinajstić information content (AvgIpc) is 3.21. The highest BCUT2D eigenvalue weighted by Crippen LogP contribution is 2.18. The van der Waals surface area contributed by atoms with Crippen LogP contribution in [0.5, 0.6) is 0 Å². The number of rotatable bonds is 2. The lowest BCUT2D eigenvalue weighted by atomic mass is 10.2. The van der Waals surface area contributed by atoms with Crippen LogP contribution in [0.4, 0.5) is 0 Å². The van der Waals surface area contributed by atoms with Crippen molar-refractivity contribution in [3.05, 3.63) is 79.6 Å². The van der Waals surface area contributed by atoms with Crippen LogP contribution < -0.4 is 0 Å². The first kappa shape index (κ1) is 15.5. The summed E-state index contributed by atoms with van der Waals surface area (Å²) in [7, 11) is 0. The molecule has 0 unspecified atom stereocenters. The Morgan fingerprint density at radius 3 is 1.90 bits per heavy atom. The van der Waals surface area contributed by atoms with E-state index in [4.69, 9.17) is 18.0 Å². The van der Waals surface area contributed by atoms with Crippen LogP contribution in [0.15, 0.2) is 59.3 Å². The maximum Gasteiger partial charge on any atom is 0.212 e. The van der Waals surface area contributed by atoms with Gasteiger partial charge in [0.2, 0.25) is 5.78 Å². The molecule has 21 heavy (non-hydrogen) atoms. The molecule has 0 radical (unpaired) electrons. The monoisotopic (exact) mass is 330 g/mol. The van der Waals surface area contributed by atoms with Crippen molar-refractivity contribution in [2.75, 3.05) is 0 Å². The Labute approximate surface area is 136 Å². The van der Waals surface area contributed by atoms with Crippen LogP contribution in [0.3, 0.4) is 0 Å². The zero-order chi connectivity index (χ0) is 15.1. The van der Waals surface area contributed by atoms with Crippen LogP contribution in [0.2, 0.25) is 5.02 Å². The van der Waals surface area contributed by atoms with E-state index in [1.165, 1.54) is 22.7 Å². The number of thiophene rings is 2. The molecule has 4 heteroatoms. The molecule has 3 aromatic rings. The van der Waals surface area contributed by atoms with Crippen LogP contribution >= 0.6 is 34.3 Å². The van der Waals surface area contributed by atoms with E-state index in [1.54, 1.807) is 6.07 Å². The Balaban J connectivity index is 0.000000161. The molecule has 0 atom stereocenters. The van der Waals surface area contributed by atoms with Crippen LogP contribution in [-0.4, -0.2) is 5.78 Å². The van der Waals surface area contributed by atoms with Gasteiger partial charge in [-0.3, -0.25) is 4.79 Å². The summed E-state index contributed by atoms with van der Waals surface area (Å²) < 4.78 is 0. The molecule has 0 fully saturated rings. The Kier molecular flexibility index (Phi) is 5.77.